The van der Waals surface area contributed by atoms with Crippen LogP contribution in [0.4, 0.5) is 0 Å². The summed E-state index contributed by atoms with van der Waals surface area (Å²) in [5, 5.41) is 0. The quantitative estimate of drug-likeness (QED) is 0.759. The van der Waals surface area contributed by atoms with Crippen LogP contribution in [0.2, 0.25) is 0 Å². The third kappa shape index (κ3) is 2.24. The zero-order valence-electron chi connectivity index (χ0n) is 9.57. The molecule has 5 heteroatoms. The van der Waals surface area contributed by atoms with Crippen LogP contribution in [0.15, 0.2) is 6.20 Å². The molecule has 1 aliphatic rings. The Morgan fingerprint density at radius 1 is 1.75 bits per heavy atom. The molecule has 0 aliphatic carbocycles. The summed E-state index contributed by atoms with van der Waals surface area (Å²) in [6.07, 6.45) is 3.94. The number of likely N-dealkylation sites (tertiary alicyclic amines) is 1. The molecule has 1 unspecified atom stereocenters. The van der Waals surface area contributed by atoms with E-state index >= 15 is 0 Å². The molecule has 2 rings (SSSR count). The lowest BCUT2D eigenvalue weighted by molar-refractivity contribution is -0.130. The Hall–Kier alpha value is -1.36. The van der Waals surface area contributed by atoms with Crippen molar-refractivity contribution in [3.05, 3.63) is 17.7 Å². The minimum Gasteiger partial charge on any atom is -0.346 e. The zero-order valence-corrected chi connectivity index (χ0v) is 9.57. The van der Waals surface area contributed by atoms with Gasteiger partial charge in [0.15, 0.2) is 0 Å². The van der Waals surface area contributed by atoms with Crippen LogP contribution >= 0.6 is 0 Å². The molecule has 0 bridgehead atoms. The van der Waals surface area contributed by atoms with Gasteiger partial charge >= 0.3 is 0 Å². The van der Waals surface area contributed by atoms with Crippen molar-refractivity contribution < 1.29 is 4.79 Å². The zero-order chi connectivity index (χ0) is 11.5. The van der Waals surface area contributed by atoms with Crippen LogP contribution in [0.3, 0.4) is 0 Å². The minimum atomic E-state index is 0.0352. The van der Waals surface area contributed by atoms with Gasteiger partial charge in [-0.2, -0.15) is 0 Å². The van der Waals surface area contributed by atoms with E-state index in [2.05, 4.69) is 9.97 Å². The molecule has 1 saturated heterocycles. The first-order valence-electron chi connectivity index (χ1n) is 5.70. The number of hydrogen-bond acceptors (Lipinski definition) is 3. The minimum absolute atomic E-state index is 0.0352. The molecule has 0 aromatic carbocycles. The molecule has 1 aliphatic heterocycles. The maximum atomic E-state index is 11.5. The van der Waals surface area contributed by atoms with E-state index in [1.807, 2.05) is 18.0 Å². The number of nitrogens with zero attached hydrogens (tertiary/aromatic N) is 2. The third-order valence-electron chi connectivity index (χ3n) is 3.06. The van der Waals surface area contributed by atoms with E-state index in [1.165, 1.54) is 0 Å². The van der Waals surface area contributed by atoms with Gasteiger partial charge in [-0.05, 0) is 19.8 Å². The lowest BCUT2D eigenvalue weighted by Crippen LogP contribution is -2.42. The number of nitrogens with two attached hydrogens (primary N) is 1. The average Bonchev–Trinajstić information content (AvgIpc) is 2.75. The van der Waals surface area contributed by atoms with Gasteiger partial charge in [-0.15, -0.1) is 0 Å². The molecular weight excluding hydrogens is 204 g/mol. The van der Waals surface area contributed by atoms with Crippen LogP contribution in [0.25, 0.3) is 0 Å². The number of carbonyl (C=O) groups excluding carboxylic acids is 1. The molecule has 1 fully saturated rings. The molecule has 16 heavy (non-hydrogen) atoms. The van der Waals surface area contributed by atoms with Crippen LogP contribution in [0, 0.1) is 6.92 Å². The predicted molar refractivity (Wildman–Crippen MR) is 60.9 cm³/mol. The van der Waals surface area contributed by atoms with E-state index in [0.29, 0.717) is 5.92 Å². The van der Waals surface area contributed by atoms with Gasteiger partial charge in [0.05, 0.1) is 6.54 Å². The second kappa shape index (κ2) is 4.65. The van der Waals surface area contributed by atoms with E-state index in [-0.39, 0.29) is 12.5 Å². The fourth-order valence-electron chi connectivity index (χ4n) is 2.20. The van der Waals surface area contributed by atoms with Crippen LogP contribution < -0.4 is 5.73 Å². The van der Waals surface area contributed by atoms with Crippen molar-refractivity contribution in [3.8, 4) is 0 Å². The number of nitrogens with one attached hydrogen (secondary N) is 1. The van der Waals surface area contributed by atoms with E-state index < -0.39 is 0 Å². The molecule has 1 aromatic rings. The van der Waals surface area contributed by atoms with Gasteiger partial charge in [-0.3, -0.25) is 4.79 Å². The van der Waals surface area contributed by atoms with Gasteiger partial charge in [-0.1, -0.05) is 0 Å². The van der Waals surface area contributed by atoms with Crippen LogP contribution in [-0.4, -0.2) is 40.4 Å². The SMILES string of the molecule is Cc1cnc(C2CCCN(C(=O)CN)C2)[nH]1. The molecule has 0 radical (unpaired) electrons. The van der Waals surface area contributed by atoms with Gasteiger partial charge in [0.2, 0.25) is 5.91 Å². The summed E-state index contributed by atoms with van der Waals surface area (Å²) in [6.45, 7) is 3.65. The second-order valence-corrected chi connectivity index (χ2v) is 4.33. The largest absolute Gasteiger partial charge is 0.346 e. The Kier molecular flexibility index (Phi) is 3.24. The van der Waals surface area contributed by atoms with E-state index in [0.717, 1.165) is 37.4 Å². The molecule has 0 saturated carbocycles. The summed E-state index contributed by atoms with van der Waals surface area (Å²) in [5.41, 5.74) is 6.44. The highest BCUT2D eigenvalue weighted by atomic mass is 16.2. The summed E-state index contributed by atoms with van der Waals surface area (Å²) in [7, 11) is 0. The lowest BCUT2D eigenvalue weighted by atomic mass is 9.97. The Balaban J connectivity index is 2.04. The van der Waals surface area contributed by atoms with Crippen molar-refractivity contribution in [3.63, 3.8) is 0 Å². The Morgan fingerprint density at radius 2 is 2.56 bits per heavy atom. The predicted octanol–water partition coefficient (Wildman–Crippen LogP) is 0.383. The van der Waals surface area contributed by atoms with Crippen molar-refractivity contribution >= 4 is 5.91 Å². The van der Waals surface area contributed by atoms with Crippen LogP contribution in [0.5, 0.6) is 0 Å². The van der Waals surface area contributed by atoms with Crippen LogP contribution in [0.1, 0.15) is 30.3 Å². The summed E-state index contributed by atoms with van der Waals surface area (Å²) < 4.78 is 0. The number of carbonyl (C=O) groups is 1. The number of aromatic nitrogens is 2. The number of hydrogen-bond donors (Lipinski definition) is 2. The molecule has 5 nitrogen and oxygen atoms in total. The van der Waals surface area contributed by atoms with Gasteiger partial charge in [-0.25, -0.2) is 4.98 Å². The monoisotopic (exact) mass is 222 g/mol. The first-order chi connectivity index (χ1) is 7.70. The fraction of sp³-hybridized carbons (Fsp3) is 0.636. The van der Waals surface area contributed by atoms with E-state index in [4.69, 9.17) is 5.73 Å². The number of H-pyrrole nitrogens is 1. The Labute approximate surface area is 95.0 Å². The highest BCUT2D eigenvalue weighted by Gasteiger charge is 2.25. The third-order valence-corrected chi connectivity index (χ3v) is 3.06. The standard InChI is InChI=1S/C11H18N4O/c1-8-6-13-11(14-8)9-3-2-4-15(7-9)10(16)5-12/h6,9H,2-5,7,12H2,1H3,(H,13,14). The fourth-order valence-corrected chi connectivity index (χ4v) is 2.20. The van der Waals surface area contributed by atoms with Crippen molar-refractivity contribution in [2.24, 2.45) is 5.73 Å². The Bertz CT molecular complexity index is 374. The summed E-state index contributed by atoms with van der Waals surface area (Å²) in [6, 6.07) is 0. The number of rotatable bonds is 2. The van der Waals surface area contributed by atoms with Gasteiger partial charge in [0, 0.05) is 30.9 Å². The first-order valence-corrected chi connectivity index (χ1v) is 5.70. The van der Waals surface area contributed by atoms with E-state index in [9.17, 15) is 4.79 Å². The number of aryl methyl sites for hydroxylation is 1. The maximum Gasteiger partial charge on any atom is 0.236 e. The van der Waals surface area contributed by atoms with Gasteiger partial charge in [0.25, 0.3) is 0 Å². The average molecular weight is 222 g/mol. The molecule has 3 N–H and O–H groups in total. The molecule has 1 amide bonds. The number of amides is 1. The summed E-state index contributed by atoms with van der Waals surface area (Å²) in [4.78, 5) is 20.9. The van der Waals surface area contributed by atoms with E-state index in [1.54, 1.807) is 0 Å². The second-order valence-electron chi connectivity index (χ2n) is 4.33. The van der Waals surface area contributed by atoms with Gasteiger partial charge < -0.3 is 15.6 Å². The highest BCUT2D eigenvalue weighted by Crippen LogP contribution is 2.24. The summed E-state index contributed by atoms with van der Waals surface area (Å²) in [5.74, 6) is 1.36. The first kappa shape index (κ1) is 11.1. The molecule has 2 heterocycles. The molecule has 1 aromatic heterocycles. The lowest BCUT2D eigenvalue weighted by Gasteiger charge is -2.31. The van der Waals surface area contributed by atoms with Crippen LogP contribution in [-0.2, 0) is 4.79 Å². The molecule has 88 valence electrons. The smallest absolute Gasteiger partial charge is 0.236 e. The highest BCUT2D eigenvalue weighted by molar-refractivity contribution is 5.78. The number of imidazole rings is 1. The molecule has 0 spiro atoms. The topological polar surface area (TPSA) is 75.0 Å². The summed E-state index contributed by atoms with van der Waals surface area (Å²) >= 11 is 0. The number of aromatic amines is 1. The molecule has 1 atom stereocenters. The number of piperidine rings is 1. The van der Waals surface area contributed by atoms with Crippen molar-refractivity contribution in [2.45, 2.75) is 25.7 Å². The van der Waals surface area contributed by atoms with Crippen molar-refractivity contribution in [2.75, 3.05) is 19.6 Å². The molecular formula is C11H18N4O. The Morgan fingerprint density at radius 3 is 3.19 bits per heavy atom. The maximum absolute atomic E-state index is 11.5. The van der Waals surface area contributed by atoms with Gasteiger partial charge in [0.1, 0.15) is 5.82 Å². The van der Waals surface area contributed by atoms with Crippen molar-refractivity contribution in [1.29, 1.82) is 0 Å². The van der Waals surface area contributed by atoms with Crippen molar-refractivity contribution in [1.82, 2.24) is 14.9 Å². The normalized spacial score (nSPS) is 21.1.